The maximum atomic E-state index is 12.5. The van der Waals surface area contributed by atoms with E-state index in [2.05, 4.69) is 73.7 Å². The van der Waals surface area contributed by atoms with Crippen molar-refractivity contribution >= 4 is 0 Å². The molecule has 0 unspecified atom stereocenters. The molecule has 3 fully saturated rings. The smallest absolute Gasteiger partial charge is 0.122 e. The Morgan fingerprint density at radius 1 is 0.794 bits per heavy atom. The number of hydrogen-bond acceptors (Lipinski definition) is 2. The van der Waals surface area contributed by atoms with Crippen LogP contribution in [0.15, 0.2) is 84.9 Å². The molecule has 3 aliphatic rings. The third kappa shape index (κ3) is 4.44. The fourth-order valence-electron chi connectivity index (χ4n) is 6.38. The van der Waals surface area contributed by atoms with Gasteiger partial charge in [-0.15, -0.1) is 0 Å². The third-order valence-corrected chi connectivity index (χ3v) is 8.47. The Morgan fingerprint density at radius 3 is 1.82 bits per heavy atom. The molecule has 34 heavy (non-hydrogen) atoms. The normalized spacial score (nSPS) is 23.8. The highest BCUT2D eigenvalue weighted by atomic mass is 79.9. The minimum atomic E-state index is -0.944. The number of piperidine rings is 3. The van der Waals surface area contributed by atoms with Gasteiger partial charge >= 0.3 is 0 Å². The van der Waals surface area contributed by atoms with Gasteiger partial charge in [0.1, 0.15) is 11.4 Å². The maximum absolute atomic E-state index is 12.5. The molecule has 0 radical (unpaired) electrons. The Bertz CT molecular complexity index is 1010. The van der Waals surface area contributed by atoms with Gasteiger partial charge in [-0.05, 0) is 29.7 Å². The van der Waals surface area contributed by atoms with Crippen molar-refractivity contribution in [3.8, 4) is 5.75 Å². The molecule has 1 N–H and O–H groups in total. The Labute approximate surface area is 214 Å². The molecule has 0 amide bonds. The molecule has 3 saturated heterocycles. The van der Waals surface area contributed by atoms with Crippen molar-refractivity contribution in [2.24, 2.45) is 5.41 Å². The van der Waals surface area contributed by atoms with Crippen LogP contribution in [0.25, 0.3) is 0 Å². The highest BCUT2D eigenvalue weighted by Crippen LogP contribution is 2.57. The monoisotopic (exact) mass is 521 g/mol. The second-order valence-corrected chi connectivity index (χ2v) is 10.2. The summed E-state index contributed by atoms with van der Waals surface area (Å²) in [4.78, 5) is 0. The number of fused-ring (bicyclic) bond motifs is 3. The van der Waals surface area contributed by atoms with Crippen molar-refractivity contribution in [2.75, 3.05) is 32.8 Å². The summed E-state index contributed by atoms with van der Waals surface area (Å²) in [5.41, 5.74) is 2.22. The van der Waals surface area contributed by atoms with E-state index in [0.29, 0.717) is 0 Å². The summed E-state index contributed by atoms with van der Waals surface area (Å²) in [6.07, 6.45) is 4.26. The molecule has 0 atom stereocenters. The molecule has 3 aliphatic heterocycles. The number of aliphatic hydroxyl groups is 1. The Hall–Kier alpha value is -2.14. The lowest BCUT2D eigenvalue weighted by Gasteiger charge is -2.60. The van der Waals surface area contributed by atoms with Gasteiger partial charge in [0, 0.05) is 31.1 Å². The van der Waals surface area contributed by atoms with Crippen molar-refractivity contribution in [3.63, 3.8) is 0 Å². The summed E-state index contributed by atoms with van der Waals surface area (Å²) in [5, 5.41) is 12.5. The highest BCUT2D eigenvalue weighted by molar-refractivity contribution is 5.39. The SMILES string of the molecule is Cc1ccccc1OCCC[N+]12CCC(C(O)(c3ccccc3)c3ccccc3)(CC1)CC2.[Br-]. The largest absolute Gasteiger partial charge is 1.00 e. The summed E-state index contributed by atoms with van der Waals surface area (Å²) < 4.78 is 7.25. The van der Waals surface area contributed by atoms with Gasteiger partial charge in [-0.3, -0.25) is 0 Å². The second kappa shape index (κ2) is 10.2. The van der Waals surface area contributed by atoms with Gasteiger partial charge in [-0.2, -0.15) is 0 Å². The van der Waals surface area contributed by atoms with Crippen LogP contribution in [-0.2, 0) is 5.60 Å². The van der Waals surface area contributed by atoms with Crippen LogP contribution >= 0.6 is 0 Å². The van der Waals surface area contributed by atoms with Gasteiger partial charge in [0.15, 0.2) is 0 Å². The molecule has 0 saturated carbocycles. The zero-order valence-electron chi connectivity index (χ0n) is 20.1. The van der Waals surface area contributed by atoms with Crippen LogP contribution in [0.2, 0.25) is 0 Å². The number of para-hydroxylation sites is 1. The predicted octanol–water partition coefficient (Wildman–Crippen LogP) is 2.70. The molecule has 0 aliphatic carbocycles. The van der Waals surface area contributed by atoms with E-state index in [9.17, 15) is 5.11 Å². The fraction of sp³-hybridized carbons (Fsp3) is 0.400. The summed E-state index contributed by atoms with van der Waals surface area (Å²) >= 11 is 0. The lowest BCUT2D eigenvalue weighted by Crippen LogP contribution is -3.00. The number of benzene rings is 3. The number of halogens is 1. The van der Waals surface area contributed by atoms with E-state index in [0.717, 1.165) is 75.3 Å². The van der Waals surface area contributed by atoms with Crippen molar-refractivity contribution in [3.05, 3.63) is 102 Å². The number of nitrogens with zero attached hydrogens (tertiary/aromatic N) is 1. The van der Waals surface area contributed by atoms with Gasteiger partial charge < -0.3 is 31.3 Å². The molecule has 3 heterocycles. The first kappa shape index (κ1) is 25.0. The van der Waals surface area contributed by atoms with E-state index < -0.39 is 5.60 Å². The van der Waals surface area contributed by atoms with Crippen molar-refractivity contribution in [2.45, 2.75) is 38.2 Å². The number of aryl methyl sites for hydroxylation is 1. The number of ether oxygens (including phenoxy) is 1. The van der Waals surface area contributed by atoms with E-state index in [1.807, 2.05) is 18.2 Å². The first-order valence-corrected chi connectivity index (χ1v) is 12.4. The van der Waals surface area contributed by atoms with Crippen LogP contribution in [0, 0.1) is 12.3 Å². The first-order chi connectivity index (χ1) is 16.1. The zero-order chi connectivity index (χ0) is 22.8. The molecule has 6 rings (SSSR count). The van der Waals surface area contributed by atoms with Crippen molar-refractivity contribution < 1.29 is 31.3 Å². The van der Waals surface area contributed by atoms with E-state index >= 15 is 0 Å². The summed E-state index contributed by atoms with van der Waals surface area (Å²) in [6.45, 7) is 7.47. The molecule has 0 spiro atoms. The Kier molecular flexibility index (Phi) is 7.51. The van der Waals surface area contributed by atoms with Gasteiger partial charge in [0.25, 0.3) is 0 Å². The average molecular weight is 523 g/mol. The van der Waals surface area contributed by atoms with Gasteiger partial charge in [0.2, 0.25) is 0 Å². The van der Waals surface area contributed by atoms with Crippen LogP contribution < -0.4 is 21.7 Å². The molecular weight excluding hydrogens is 486 g/mol. The lowest BCUT2D eigenvalue weighted by atomic mass is 9.56. The predicted molar refractivity (Wildman–Crippen MR) is 133 cm³/mol. The molecular formula is C30H36BrNO2. The molecule has 2 bridgehead atoms. The number of quaternary nitrogens is 1. The van der Waals surface area contributed by atoms with E-state index in [1.54, 1.807) is 0 Å². The summed E-state index contributed by atoms with van der Waals surface area (Å²) in [6, 6.07) is 29.0. The topological polar surface area (TPSA) is 29.5 Å². The third-order valence-electron chi connectivity index (χ3n) is 8.47. The fourth-order valence-corrected chi connectivity index (χ4v) is 6.38. The quantitative estimate of drug-likeness (QED) is 0.364. The Balaban J connectivity index is 0.00000274. The summed E-state index contributed by atoms with van der Waals surface area (Å²) in [7, 11) is 0. The van der Waals surface area contributed by atoms with Crippen LogP contribution in [0.3, 0.4) is 0 Å². The van der Waals surface area contributed by atoms with E-state index in [-0.39, 0.29) is 22.4 Å². The second-order valence-electron chi connectivity index (χ2n) is 10.2. The molecule has 3 aromatic carbocycles. The minimum absolute atomic E-state index is 0. The molecule has 180 valence electrons. The van der Waals surface area contributed by atoms with Crippen molar-refractivity contribution in [1.29, 1.82) is 0 Å². The van der Waals surface area contributed by atoms with Crippen LogP contribution in [0.5, 0.6) is 5.75 Å². The standard InChI is InChI=1S/C30H36NO2.BrH/c1-25-11-8-9-16-28(25)33-24-10-20-31-21-17-29(18-22-31,19-23-31)30(32,26-12-4-2-5-13-26)27-14-6-3-7-15-27;/h2-9,11-16,32H,10,17-24H2,1H3;1H/q+1;/p-1. The number of hydrogen-bond donors (Lipinski definition) is 1. The molecule has 0 aromatic heterocycles. The molecule has 3 nitrogen and oxygen atoms in total. The first-order valence-electron chi connectivity index (χ1n) is 12.4. The minimum Gasteiger partial charge on any atom is -1.00 e. The van der Waals surface area contributed by atoms with Gasteiger partial charge in [-0.1, -0.05) is 78.9 Å². The summed E-state index contributed by atoms with van der Waals surface area (Å²) in [5.74, 6) is 1.00. The highest BCUT2D eigenvalue weighted by Gasteiger charge is 2.60. The number of rotatable bonds is 8. The molecule has 4 heteroatoms. The Morgan fingerprint density at radius 2 is 1.29 bits per heavy atom. The van der Waals surface area contributed by atoms with Gasteiger partial charge in [-0.25, -0.2) is 0 Å². The van der Waals surface area contributed by atoms with Crippen LogP contribution in [-0.4, -0.2) is 42.4 Å². The lowest BCUT2D eigenvalue weighted by molar-refractivity contribution is -0.946. The van der Waals surface area contributed by atoms with Crippen molar-refractivity contribution in [1.82, 2.24) is 0 Å². The van der Waals surface area contributed by atoms with Crippen LogP contribution in [0.4, 0.5) is 0 Å². The maximum Gasteiger partial charge on any atom is 0.122 e. The van der Waals surface area contributed by atoms with E-state index in [1.165, 1.54) is 10.0 Å². The van der Waals surface area contributed by atoms with Gasteiger partial charge in [0.05, 0.1) is 32.8 Å². The molecule has 3 aromatic rings. The van der Waals surface area contributed by atoms with E-state index in [4.69, 9.17) is 4.74 Å². The zero-order valence-corrected chi connectivity index (χ0v) is 21.7. The average Bonchev–Trinajstić information content (AvgIpc) is 2.89. The van der Waals surface area contributed by atoms with Crippen LogP contribution in [0.1, 0.15) is 42.4 Å².